The molecule has 1 heterocycles. The molecule has 3 rings (SSSR count). The second-order valence-electron chi connectivity index (χ2n) is 6.34. The maximum absolute atomic E-state index is 13.8. The van der Waals surface area contributed by atoms with E-state index in [2.05, 4.69) is 5.18 Å². The summed E-state index contributed by atoms with van der Waals surface area (Å²) in [6.07, 6.45) is 0. The second-order valence-corrected chi connectivity index (χ2v) is 6.34. The highest BCUT2D eigenvalue weighted by Gasteiger charge is 2.27. The van der Waals surface area contributed by atoms with Crippen molar-refractivity contribution in [2.75, 3.05) is 0 Å². The van der Waals surface area contributed by atoms with Crippen molar-refractivity contribution in [3.8, 4) is 16.9 Å². The molecule has 3 aromatic rings. The van der Waals surface area contributed by atoms with E-state index in [0.29, 0.717) is 28.2 Å². The summed E-state index contributed by atoms with van der Waals surface area (Å²) >= 11 is 0. The topological polar surface area (TPSA) is 68.9 Å². The van der Waals surface area contributed by atoms with Gasteiger partial charge in [0.1, 0.15) is 18.1 Å². The number of amides is 1. The van der Waals surface area contributed by atoms with Crippen LogP contribution in [0.25, 0.3) is 11.1 Å². The lowest BCUT2D eigenvalue weighted by atomic mass is 9.96. The summed E-state index contributed by atoms with van der Waals surface area (Å²) in [4.78, 5) is 21.6. The van der Waals surface area contributed by atoms with Gasteiger partial charge in [0.15, 0.2) is 5.76 Å². The van der Waals surface area contributed by atoms with E-state index in [0.717, 1.165) is 6.92 Å². The van der Waals surface area contributed by atoms with Crippen LogP contribution in [-0.4, -0.2) is 5.91 Å². The SMILES string of the molecule is Cc1oc(C(=O)N=O)cc1COc1ccc(-c2ccccc2C(C)(F)F)cc1. The normalized spacial score (nSPS) is 11.3. The fourth-order valence-corrected chi connectivity index (χ4v) is 2.82. The van der Waals surface area contributed by atoms with Gasteiger partial charge in [-0.2, -0.15) is 0 Å². The van der Waals surface area contributed by atoms with E-state index < -0.39 is 11.8 Å². The molecule has 0 atom stereocenters. The Morgan fingerprint density at radius 1 is 1.14 bits per heavy atom. The quantitative estimate of drug-likeness (QED) is 0.499. The first kappa shape index (κ1) is 19.4. The number of halogens is 2. The van der Waals surface area contributed by atoms with Crippen LogP contribution >= 0.6 is 0 Å². The highest BCUT2D eigenvalue weighted by Crippen LogP contribution is 2.36. The molecule has 0 unspecified atom stereocenters. The third-order valence-corrected chi connectivity index (χ3v) is 4.27. The fraction of sp³-hybridized carbons (Fsp3) is 0.190. The summed E-state index contributed by atoms with van der Waals surface area (Å²) in [5, 5.41) is 2.32. The molecule has 0 spiro atoms. The predicted molar refractivity (Wildman–Crippen MR) is 99.3 cm³/mol. The zero-order valence-electron chi connectivity index (χ0n) is 15.2. The minimum Gasteiger partial charge on any atom is -0.489 e. The molecule has 1 aromatic heterocycles. The lowest BCUT2D eigenvalue weighted by molar-refractivity contribution is 0.0181. The molecule has 0 fully saturated rings. The number of hydrogen-bond acceptors (Lipinski definition) is 4. The Kier molecular flexibility index (Phi) is 5.35. The van der Waals surface area contributed by atoms with E-state index in [9.17, 15) is 18.5 Å². The van der Waals surface area contributed by atoms with Crippen molar-refractivity contribution < 1.29 is 22.7 Å². The number of rotatable bonds is 6. The lowest BCUT2D eigenvalue weighted by Gasteiger charge is -2.16. The van der Waals surface area contributed by atoms with Crippen LogP contribution in [0.15, 0.2) is 64.2 Å². The van der Waals surface area contributed by atoms with Gasteiger partial charge in [-0.25, -0.2) is 8.78 Å². The maximum atomic E-state index is 13.8. The van der Waals surface area contributed by atoms with Crippen LogP contribution in [0, 0.1) is 11.8 Å². The largest absolute Gasteiger partial charge is 0.489 e. The number of hydrogen-bond donors (Lipinski definition) is 0. The molecule has 0 radical (unpaired) electrons. The highest BCUT2D eigenvalue weighted by atomic mass is 19.3. The first-order valence-electron chi connectivity index (χ1n) is 8.47. The number of benzene rings is 2. The third kappa shape index (κ3) is 4.14. The number of alkyl halides is 2. The molecular weight excluding hydrogens is 368 g/mol. The third-order valence-electron chi connectivity index (χ3n) is 4.27. The molecule has 1 amide bonds. The summed E-state index contributed by atoms with van der Waals surface area (Å²) in [5.74, 6) is -3.10. The molecule has 0 aliphatic rings. The van der Waals surface area contributed by atoms with Crippen LogP contribution in [0.1, 0.15) is 34.4 Å². The van der Waals surface area contributed by atoms with Crippen molar-refractivity contribution in [1.82, 2.24) is 0 Å². The van der Waals surface area contributed by atoms with Crippen molar-refractivity contribution in [2.45, 2.75) is 26.4 Å². The Hall–Kier alpha value is -3.35. The van der Waals surface area contributed by atoms with Crippen molar-refractivity contribution >= 4 is 5.91 Å². The summed E-state index contributed by atoms with van der Waals surface area (Å²) in [6.45, 7) is 2.63. The minimum absolute atomic E-state index is 0.0429. The van der Waals surface area contributed by atoms with E-state index >= 15 is 0 Å². The van der Waals surface area contributed by atoms with Crippen molar-refractivity contribution in [1.29, 1.82) is 0 Å². The molecule has 2 aromatic carbocycles. The van der Waals surface area contributed by atoms with E-state index in [-0.39, 0.29) is 17.9 Å². The molecule has 144 valence electrons. The van der Waals surface area contributed by atoms with Crippen molar-refractivity contribution in [2.24, 2.45) is 5.18 Å². The molecule has 28 heavy (non-hydrogen) atoms. The number of furan rings is 1. The van der Waals surface area contributed by atoms with Crippen LogP contribution in [0.4, 0.5) is 8.78 Å². The van der Waals surface area contributed by atoms with E-state index in [4.69, 9.17) is 9.15 Å². The summed E-state index contributed by atoms with van der Waals surface area (Å²) in [6, 6.07) is 14.5. The molecule has 0 aliphatic carbocycles. The number of nitrogens with zero attached hydrogens (tertiary/aromatic N) is 1. The predicted octanol–water partition coefficient (Wildman–Crippen LogP) is 5.85. The van der Waals surface area contributed by atoms with Crippen molar-refractivity contribution in [3.05, 3.63) is 82.2 Å². The zero-order chi connectivity index (χ0) is 20.3. The summed E-state index contributed by atoms with van der Waals surface area (Å²) in [5.41, 5.74) is 1.66. The van der Waals surface area contributed by atoms with Crippen molar-refractivity contribution in [3.63, 3.8) is 0 Å². The van der Waals surface area contributed by atoms with E-state index in [1.165, 1.54) is 12.1 Å². The summed E-state index contributed by atoms with van der Waals surface area (Å²) < 4.78 is 38.5. The van der Waals surface area contributed by atoms with Gasteiger partial charge in [0.05, 0.1) is 0 Å². The standard InChI is InChI=1S/C21H17F2NO4/c1-13-15(11-19(28-13)20(25)24-26)12-27-16-9-7-14(8-10-16)17-5-3-4-6-18(17)21(2,22)23/h3-11H,12H2,1-2H3. The van der Waals surface area contributed by atoms with Gasteiger partial charge in [-0.15, -0.1) is 4.91 Å². The monoisotopic (exact) mass is 385 g/mol. The molecular formula is C21H17F2NO4. The number of nitroso groups, excluding NO2 is 1. The molecule has 0 saturated carbocycles. The van der Waals surface area contributed by atoms with Crippen LogP contribution < -0.4 is 4.74 Å². The molecule has 7 heteroatoms. The maximum Gasteiger partial charge on any atom is 0.351 e. The smallest absolute Gasteiger partial charge is 0.351 e. The number of carbonyl (C=O) groups is 1. The number of aryl methyl sites for hydroxylation is 1. The Bertz CT molecular complexity index is 1000. The first-order valence-corrected chi connectivity index (χ1v) is 8.47. The van der Waals surface area contributed by atoms with Gasteiger partial charge in [0.2, 0.25) is 0 Å². The number of ether oxygens (including phenoxy) is 1. The van der Waals surface area contributed by atoms with E-state index in [1.54, 1.807) is 49.4 Å². The molecule has 0 aliphatic heterocycles. The second kappa shape index (κ2) is 7.72. The van der Waals surface area contributed by atoms with Gasteiger partial charge in [-0.1, -0.05) is 36.4 Å². The number of carbonyl (C=O) groups excluding carboxylic acids is 1. The average molecular weight is 385 g/mol. The first-order chi connectivity index (χ1) is 13.3. The molecule has 0 bridgehead atoms. The average Bonchev–Trinajstić information content (AvgIpc) is 3.06. The Balaban J connectivity index is 1.75. The van der Waals surface area contributed by atoms with Gasteiger partial charge in [0, 0.05) is 23.2 Å². The molecule has 0 saturated heterocycles. The Morgan fingerprint density at radius 2 is 1.82 bits per heavy atom. The van der Waals surface area contributed by atoms with Gasteiger partial charge in [-0.3, -0.25) is 4.79 Å². The molecule has 0 N–H and O–H groups in total. The van der Waals surface area contributed by atoms with Crippen LogP contribution in [-0.2, 0) is 12.5 Å². The zero-order valence-corrected chi connectivity index (χ0v) is 15.2. The van der Waals surface area contributed by atoms with Gasteiger partial charge >= 0.3 is 5.91 Å². The van der Waals surface area contributed by atoms with Gasteiger partial charge < -0.3 is 9.15 Å². The van der Waals surface area contributed by atoms with E-state index in [1.807, 2.05) is 0 Å². The fourth-order valence-electron chi connectivity index (χ4n) is 2.82. The van der Waals surface area contributed by atoms with Crippen LogP contribution in [0.5, 0.6) is 5.75 Å². The van der Waals surface area contributed by atoms with Gasteiger partial charge in [0.25, 0.3) is 5.92 Å². The molecule has 5 nitrogen and oxygen atoms in total. The van der Waals surface area contributed by atoms with Gasteiger partial charge in [-0.05, 0) is 36.2 Å². The Labute approximate surface area is 159 Å². The van der Waals surface area contributed by atoms with Crippen LogP contribution in [0.3, 0.4) is 0 Å². The minimum atomic E-state index is -2.95. The summed E-state index contributed by atoms with van der Waals surface area (Å²) in [7, 11) is 0. The Morgan fingerprint density at radius 3 is 2.46 bits per heavy atom. The lowest BCUT2D eigenvalue weighted by Crippen LogP contribution is -2.08. The highest BCUT2D eigenvalue weighted by molar-refractivity contribution is 5.92. The van der Waals surface area contributed by atoms with Crippen LogP contribution in [0.2, 0.25) is 0 Å².